The minimum atomic E-state index is -0.274. The molecule has 0 aliphatic carbocycles. The average molecular weight is 238 g/mol. The smallest absolute Gasteiger partial charge is 0.128 e. The predicted octanol–water partition coefficient (Wildman–Crippen LogP) is 2.07. The highest BCUT2D eigenvalue weighted by Gasteiger charge is 2.23. The number of hydrogen-bond donors (Lipinski definition) is 2. The van der Waals surface area contributed by atoms with Gasteiger partial charge in [-0.05, 0) is 43.9 Å². The Morgan fingerprint density at radius 1 is 1.47 bits per heavy atom. The number of aliphatic hydroxyl groups excluding tert-OH is 1. The Hall–Kier alpha value is -1.29. The lowest BCUT2D eigenvalue weighted by Crippen LogP contribution is -2.42. The number of rotatable bonds is 2. The molecule has 1 saturated heterocycles. The molecule has 0 saturated carbocycles. The monoisotopic (exact) mass is 238 g/mol. The summed E-state index contributed by atoms with van der Waals surface area (Å²) in [6.45, 7) is 2.73. The van der Waals surface area contributed by atoms with Crippen LogP contribution in [0.25, 0.3) is 0 Å². The maximum Gasteiger partial charge on any atom is 0.128 e. The lowest BCUT2D eigenvalue weighted by Gasteiger charge is -2.37. The molecule has 1 atom stereocenters. The van der Waals surface area contributed by atoms with Crippen molar-refractivity contribution in [3.05, 3.63) is 23.5 Å². The van der Waals surface area contributed by atoms with Crippen LogP contribution in [0.5, 0.6) is 0 Å². The maximum atomic E-state index is 13.4. The molecule has 94 valence electrons. The van der Waals surface area contributed by atoms with Crippen LogP contribution in [0.3, 0.4) is 0 Å². The Morgan fingerprint density at radius 3 is 2.94 bits per heavy atom. The van der Waals surface area contributed by atoms with Gasteiger partial charge in [-0.15, -0.1) is 0 Å². The molecule has 3 nitrogen and oxygen atoms in total. The van der Waals surface area contributed by atoms with Crippen LogP contribution in [0.4, 0.5) is 15.8 Å². The van der Waals surface area contributed by atoms with Crippen molar-refractivity contribution >= 4 is 11.4 Å². The number of hydrogen-bond acceptors (Lipinski definition) is 3. The highest BCUT2D eigenvalue weighted by Crippen LogP contribution is 2.31. The van der Waals surface area contributed by atoms with Gasteiger partial charge in [-0.1, -0.05) is 0 Å². The second kappa shape index (κ2) is 4.92. The zero-order chi connectivity index (χ0) is 12.4. The van der Waals surface area contributed by atoms with Gasteiger partial charge >= 0.3 is 0 Å². The molecule has 1 aromatic carbocycles. The van der Waals surface area contributed by atoms with E-state index in [1.165, 1.54) is 6.07 Å². The van der Waals surface area contributed by atoms with Crippen molar-refractivity contribution in [2.75, 3.05) is 23.8 Å². The fraction of sp³-hybridized carbons (Fsp3) is 0.538. The SMILES string of the molecule is Cc1cc(N2CCCCC2CO)c(N)cc1F. The van der Waals surface area contributed by atoms with E-state index in [2.05, 4.69) is 4.90 Å². The molecule has 17 heavy (non-hydrogen) atoms. The number of aliphatic hydroxyl groups is 1. The van der Waals surface area contributed by atoms with E-state index in [4.69, 9.17) is 5.73 Å². The van der Waals surface area contributed by atoms with Gasteiger partial charge < -0.3 is 15.7 Å². The number of nitrogens with zero attached hydrogens (tertiary/aromatic N) is 1. The van der Waals surface area contributed by atoms with E-state index in [0.29, 0.717) is 11.3 Å². The van der Waals surface area contributed by atoms with E-state index in [-0.39, 0.29) is 18.5 Å². The molecule has 0 bridgehead atoms. The van der Waals surface area contributed by atoms with Crippen molar-refractivity contribution in [3.63, 3.8) is 0 Å². The summed E-state index contributed by atoms with van der Waals surface area (Å²) in [6.07, 6.45) is 3.18. The number of halogens is 1. The fourth-order valence-electron chi connectivity index (χ4n) is 2.44. The Morgan fingerprint density at radius 2 is 2.24 bits per heavy atom. The summed E-state index contributed by atoms with van der Waals surface area (Å²) in [7, 11) is 0. The minimum absolute atomic E-state index is 0.107. The molecule has 0 spiro atoms. The van der Waals surface area contributed by atoms with Crippen LogP contribution in [0.2, 0.25) is 0 Å². The summed E-state index contributed by atoms with van der Waals surface area (Å²) < 4.78 is 13.4. The van der Waals surface area contributed by atoms with Crippen molar-refractivity contribution in [1.82, 2.24) is 0 Å². The molecule has 0 radical (unpaired) electrons. The van der Waals surface area contributed by atoms with E-state index in [9.17, 15) is 9.50 Å². The summed E-state index contributed by atoms with van der Waals surface area (Å²) in [6, 6.07) is 3.25. The third-order valence-electron chi connectivity index (χ3n) is 3.46. The molecule has 1 fully saturated rings. The summed E-state index contributed by atoms with van der Waals surface area (Å²) in [4.78, 5) is 2.10. The molecular weight excluding hydrogens is 219 g/mol. The molecule has 4 heteroatoms. The maximum absolute atomic E-state index is 13.4. The van der Waals surface area contributed by atoms with Gasteiger partial charge in [-0.25, -0.2) is 4.39 Å². The molecule has 1 unspecified atom stereocenters. The van der Waals surface area contributed by atoms with Crippen LogP contribution in [-0.4, -0.2) is 24.3 Å². The third-order valence-corrected chi connectivity index (χ3v) is 3.46. The topological polar surface area (TPSA) is 49.5 Å². The summed E-state index contributed by atoms with van der Waals surface area (Å²) >= 11 is 0. The van der Waals surface area contributed by atoms with E-state index in [1.54, 1.807) is 13.0 Å². The van der Waals surface area contributed by atoms with Gasteiger partial charge in [0, 0.05) is 6.54 Å². The van der Waals surface area contributed by atoms with Crippen LogP contribution in [-0.2, 0) is 0 Å². The van der Waals surface area contributed by atoms with E-state index >= 15 is 0 Å². The van der Waals surface area contributed by atoms with E-state index < -0.39 is 0 Å². The van der Waals surface area contributed by atoms with Crippen LogP contribution >= 0.6 is 0 Å². The highest BCUT2D eigenvalue weighted by molar-refractivity contribution is 5.69. The van der Waals surface area contributed by atoms with Gasteiger partial charge in [0.05, 0.1) is 24.0 Å². The van der Waals surface area contributed by atoms with Crippen LogP contribution in [0.1, 0.15) is 24.8 Å². The van der Waals surface area contributed by atoms with Crippen molar-refractivity contribution in [2.45, 2.75) is 32.2 Å². The number of aryl methyl sites for hydroxylation is 1. The standard InChI is InChI=1S/C13H19FN2O/c1-9-6-13(12(15)7-11(9)14)16-5-3-2-4-10(16)8-17/h6-7,10,17H,2-5,8,15H2,1H3. The summed E-state index contributed by atoms with van der Waals surface area (Å²) in [5, 5.41) is 9.38. The number of nitrogen functional groups attached to an aromatic ring is 1. The van der Waals surface area contributed by atoms with Crippen molar-refractivity contribution in [2.24, 2.45) is 0 Å². The predicted molar refractivity (Wildman–Crippen MR) is 67.6 cm³/mol. The van der Waals surface area contributed by atoms with Gasteiger partial charge in [0.1, 0.15) is 5.82 Å². The lowest BCUT2D eigenvalue weighted by atomic mass is 10.0. The lowest BCUT2D eigenvalue weighted by molar-refractivity contribution is 0.240. The van der Waals surface area contributed by atoms with Crippen molar-refractivity contribution < 1.29 is 9.50 Å². The first kappa shape index (κ1) is 12.2. The molecule has 1 aromatic rings. The normalized spacial score (nSPS) is 20.6. The molecule has 0 amide bonds. The van der Waals surface area contributed by atoms with Gasteiger partial charge in [0.2, 0.25) is 0 Å². The van der Waals surface area contributed by atoms with Crippen molar-refractivity contribution in [1.29, 1.82) is 0 Å². The zero-order valence-corrected chi connectivity index (χ0v) is 10.1. The Bertz CT molecular complexity index is 409. The third kappa shape index (κ3) is 2.36. The molecule has 2 rings (SSSR count). The number of piperidine rings is 1. The molecule has 3 N–H and O–H groups in total. The number of anilines is 2. The first-order valence-corrected chi connectivity index (χ1v) is 6.06. The summed E-state index contributed by atoms with van der Waals surface area (Å²) in [5.41, 5.74) is 7.77. The molecule has 1 aliphatic heterocycles. The van der Waals surface area contributed by atoms with Crippen LogP contribution in [0.15, 0.2) is 12.1 Å². The summed E-state index contributed by atoms with van der Waals surface area (Å²) in [5.74, 6) is -0.274. The van der Waals surface area contributed by atoms with Gasteiger partial charge in [-0.3, -0.25) is 0 Å². The molecule has 0 aromatic heterocycles. The zero-order valence-electron chi connectivity index (χ0n) is 10.1. The fourth-order valence-corrected chi connectivity index (χ4v) is 2.44. The van der Waals surface area contributed by atoms with Gasteiger partial charge in [-0.2, -0.15) is 0 Å². The Labute approximate surface area is 101 Å². The van der Waals surface area contributed by atoms with Crippen LogP contribution in [0, 0.1) is 12.7 Å². The minimum Gasteiger partial charge on any atom is -0.397 e. The molecule has 1 aliphatic rings. The first-order valence-electron chi connectivity index (χ1n) is 6.06. The van der Waals surface area contributed by atoms with Gasteiger partial charge in [0.15, 0.2) is 0 Å². The van der Waals surface area contributed by atoms with Crippen molar-refractivity contribution in [3.8, 4) is 0 Å². The molecular formula is C13H19FN2O. The van der Waals surface area contributed by atoms with Gasteiger partial charge in [0.25, 0.3) is 0 Å². The quantitative estimate of drug-likeness (QED) is 0.775. The second-order valence-corrected chi connectivity index (χ2v) is 4.69. The largest absolute Gasteiger partial charge is 0.397 e. The van der Waals surface area contributed by atoms with E-state index in [1.807, 2.05) is 0 Å². The Kier molecular flexibility index (Phi) is 3.52. The highest BCUT2D eigenvalue weighted by atomic mass is 19.1. The average Bonchev–Trinajstić information content (AvgIpc) is 2.34. The number of benzene rings is 1. The van der Waals surface area contributed by atoms with Crippen LogP contribution < -0.4 is 10.6 Å². The first-order chi connectivity index (χ1) is 8.13. The van der Waals surface area contributed by atoms with E-state index in [0.717, 1.165) is 31.5 Å². The number of nitrogens with two attached hydrogens (primary N) is 1. The Balaban J connectivity index is 2.34. The second-order valence-electron chi connectivity index (χ2n) is 4.69. The molecule has 1 heterocycles.